The highest BCUT2D eigenvalue weighted by Gasteiger charge is 1.84. The minimum atomic E-state index is -0.392. The van der Waals surface area contributed by atoms with Gasteiger partial charge in [0, 0.05) is 13.0 Å². The van der Waals surface area contributed by atoms with E-state index in [4.69, 9.17) is 5.73 Å². The molecule has 0 atom stereocenters. The number of hydrogen-bond acceptors (Lipinski definition) is 3. The normalized spacial score (nSPS) is 9.06. The zero-order valence-corrected chi connectivity index (χ0v) is 10.4. The molecule has 4 heteroatoms. The summed E-state index contributed by atoms with van der Waals surface area (Å²) in [6.07, 6.45) is 3.61. The van der Waals surface area contributed by atoms with Gasteiger partial charge in [-0.15, -0.1) is 0 Å². The van der Waals surface area contributed by atoms with E-state index >= 15 is 0 Å². The van der Waals surface area contributed by atoms with Gasteiger partial charge in [-0.2, -0.15) is 0 Å². The van der Waals surface area contributed by atoms with Gasteiger partial charge in [-0.05, 0) is 33.0 Å². The molecule has 90 valence electrons. The molecular formula is C12H20N2O2. The SMILES string of the molecule is CC#CC(=O)CC.CN(C)C/C=C/C(N)=O. The van der Waals surface area contributed by atoms with Crippen LogP contribution in [0.25, 0.3) is 0 Å². The maximum atomic E-state index is 10.2. The third-order valence-electron chi connectivity index (χ3n) is 1.34. The molecule has 0 aromatic rings. The monoisotopic (exact) mass is 224 g/mol. The number of carbonyl (C=O) groups excluding carboxylic acids is 2. The van der Waals surface area contributed by atoms with Crippen molar-refractivity contribution < 1.29 is 9.59 Å². The van der Waals surface area contributed by atoms with Gasteiger partial charge in [-0.25, -0.2) is 0 Å². The molecule has 0 unspecified atom stereocenters. The number of hydrogen-bond donors (Lipinski definition) is 1. The van der Waals surface area contributed by atoms with Crippen molar-refractivity contribution in [2.45, 2.75) is 20.3 Å². The highest BCUT2D eigenvalue weighted by molar-refractivity contribution is 5.95. The number of Topliss-reactive ketones (excluding diaryl/α,β-unsaturated/α-hetero) is 1. The summed E-state index contributed by atoms with van der Waals surface area (Å²) in [7, 11) is 3.84. The van der Waals surface area contributed by atoms with Gasteiger partial charge in [0.25, 0.3) is 0 Å². The molecule has 0 bridgehead atoms. The fraction of sp³-hybridized carbons (Fsp3) is 0.500. The number of rotatable bonds is 4. The lowest BCUT2D eigenvalue weighted by Crippen LogP contribution is -2.12. The maximum absolute atomic E-state index is 10.2. The number of carbonyl (C=O) groups is 2. The first-order valence-electron chi connectivity index (χ1n) is 5.00. The van der Waals surface area contributed by atoms with Crippen LogP contribution in [0.15, 0.2) is 12.2 Å². The Hall–Kier alpha value is -1.60. The van der Waals surface area contributed by atoms with Crippen molar-refractivity contribution in [3.8, 4) is 11.8 Å². The fourth-order valence-electron chi connectivity index (χ4n) is 0.607. The minimum absolute atomic E-state index is 0.0162. The van der Waals surface area contributed by atoms with E-state index in [1.54, 1.807) is 19.9 Å². The van der Waals surface area contributed by atoms with Crippen molar-refractivity contribution in [2.75, 3.05) is 20.6 Å². The molecule has 0 aromatic carbocycles. The van der Waals surface area contributed by atoms with Gasteiger partial charge in [0.2, 0.25) is 11.7 Å². The molecule has 0 aliphatic heterocycles. The summed E-state index contributed by atoms with van der Waals surface area (Å²) in [5.41, 5.74) is 4.83. The summed E-state index contributed by atoms with van der Waals surface area (Å²) in [5, 5.41) is 0. The molecule has 0 fully saturated rings. The molecular weight excluding hydrogens is 204 g/mol. The third kappa shape index (κ3) is 18.2. The second-order valence-electron chi connectivity index (χ2n) is 3.22. The zero-order valence-electron chi connectivity index (χ0n) is 10.4. The molecule has 0 heterocycles. The fourth-order valence-corrected chi connectivity index (χ4v) is 0.607. The third-order valence-corrected chi connectivity index (χ3v) is 1.34. The van der Waals surface area contributed by atoms with Crippen LogP contribution in [0.5, 0.6) is 0 Å². The van der Waals surface area contributed by atoms with Crippen LogP contribution >= 0.6 is 0 Å². The van der Waals surface area contributed by atoms with E-state index in [1.807, 2.05) is 19.0 Å². The Kier molecular flexibility index (Phi) is 12.1. The van der Waals surface area contributed by atoms with Crippen molar-refractivity contribution in [1.82, 2.24) is 4.90 Å². The molecule has 0 radical (unpaired) electrons. The Labute approximate surface area is 97.5 Å². The van der Waals surface area contributed by atoms with E-state index in [2.05, 4.69) is 11.8 Å². The number of ketones is 1. The second-order valence-corrected chi connectivity index (χ2v) is 3.22. The van der Waals surface area contributed by atoms with Gasteiger partial charge >= 0.3 is 0 Å². The van der Waals surface area contributed by atoms with Crippen molar-refractivity contribution in [3.63, 3.8) is 0 Å². The lowest BCUT2D eigenvalue weighted by atomic mass is 10.3. The molecule has 4 nitrogen and oxygen atoms in total. The first kappa shape index (κ1) is 16.8. The summed E-state index contributed by atoms with van der Waals surface area (Å²) in [6.45, 7) is 4.21. The Bertz CT molecular complexity index is 296. The van der Waals surface area contributed by atoms with E-state index in [9.17, 15) is 9.59 Å². The number of likely N-dealkylation sites (N-methyl/N-ethyl adjacent to an activating group) is 1. The number of nitrogens with two attached hydrogens (primary N) is 1. The van der Waals surface area contributed by atoms with Crippen LogP contribution < -0.4 is 5.73 Å². The van der Waals surface area contributed by atoms with Crippen LogP contribution in [0, 0.1) is 11.8 Å². The average Bonchev–Trinajstić information content (AvgIpc) is 2.18. The van der Waals surface area contributed by atoms with Crippen LogP contribution in [0.3, 0.4) is 0 Å². The second kappa shape index (κ2) is 11.5. The molecule has 0 rings (SSSR count). The van der Waals surface area contributed by atoms with E-state index in [1.165, 1.54) is 6.08 Å². The Morgan fingerprint density at radius 2 is 1.94 bits per heavy atom. The van der Waals surface area contributed by atoms with Gasteiger partial charge in [0.15, 0.2) is 0 Å². The van der Waals surface area contributed by atoms with Crippen LogP contribution in [0.4, 0.5) is 0 Å². The molecule has 0 aromatic heterocycles. The first-order valence-corrected chi connectivity index (χ1v) is 5.00. The van der Waals surface area contributed by atoms with Crippen LogP contribution in [0.2, 0.25) is 0 Å². The quantitative estimate of drug-likeness (QED) is 0.431. The molecule has 0 aliphatic carbocycles. The lowest BCUT2D eigenvalue weighted by molar-refractivity contribution is -0.114. The summed E-state index contributed by atoms with van der Waals surface area (Å²) < 4.78 is 0. The summed E-state index contributed by atoms with van der Waals surface area (Å²) >= 11 is 0. The first-order chi connectivity index (χ1) is 7.43. The van der Waals surface area contributed by atoms with Crippen LogP contribution in [0.1, 0.15) is 20.3 Å². The highest BCUT2D eigenvalue weighted by atomic mass is 16.1. The Morgan fingerprint density at radius 3 is 2.19 bits per heavy atom. The van der Waals surface area contributed by atoms with Gasteiger partial charge in [-0.3, -0.25) is 9.59 Å². The van der Waals surface area contributed by atoms with Gasteiger partial charge < -0.3 is 10.6 Å². The molecule has 0 saturated heterocycles. The molecule has 0 aliphatic rings. The number of nitrogens with zero attached hydrogens (tertiary/aromatic N) is 1. The summed E-state index contributed by atoms with van der Waals surface area (Å²) in [4.78, 5) is 22.3. The molecule has 0 spiro atoms. The Morgan fingerprint density at radius 1 is 1.38 bits per heavy atom. The smallest absolute Gasteiger partial charge is 0.241 e. The Balaban J connectivity index is 0. The number of amides is 1. The van der Waals surface area contributed by atoms with Gasteiger partial charge in [-0.1, -0.05) is 18.9 Å². The number of primary amides is 1. The minimum Gasteiger partial charge on any atom is -0.366 e. The topological polar surface area (TPSA) is 63.4 Å². The van der Waals surface area contributed by atoms with Crippen LogP contribution in [-0.2, 0) is 9.59 Å². The van der Waals surface area contributed by atoms with Crippen molar-refractivity contribution >= 4 is 11.7 Å². The molecule has 0 saturated carbocycles. The van der Waals surface area contributed by atoms with E-state index in [0.29, 0.717) is 6.42 Å². The summed E-state index contributed by atoms with van der Waals surface area (Å²) in [5.74, 6) is 4.55. The van der Waals surface area contributed by atoms with Gasteiger partial charge in [0.05, 0.1) is 0 Å². The predicted molar refractivity (Wildman–Crippen MR) is 65.6 cm³/mol. The van der Waals surface area contributed by atoms with Crippen molar-refractivity contribution in [1.29, 1.82) is 0 Å². The highest BCUT2D eigenvalue weighted by Crippen LogP contribution is 1.75. The largest absolute Gasteiger partial charge is 0.366 e. The molecule has 16 heavy (non-hydrogen) atoms. The van der Waals surface area contributed by atoms with E-state index in [0.717, 1.165) is 6.54 Å². The molecule has 1 amide bonds. The van der Waals surface area contributed by atoms with E-state index in [-0.39, 0.29) is 5.78 Å². The maximum Gasteiger partial charge on any atom is 0.241 e. The standard InChI is InChI=1S/C6H12N2O.C6H8O/c1-8(2)5-3-4-6(7)9;1-3-5-6(7)4-2/h3-4H,5H2,1-2H3,(H2,7,9);4H2,1-2H3/b4-3+;. The predicted octanol–water partition coefficient (Wildman–Crippen LogP) is 0.578. The molecule has 2 N–H and O–H groups in total. The summed E-state index contributed by atoms with van der Waals surface area (Å²) in [6, 6.07) is 0. The lowest BCUT2D eigenvalue weighted by Gasteiger charge is -2.02. The van der Waals surface area contributed by atoms with Crippen molar-refractivity contribution in [3.05, 3.63) is 12.2 Å². The zero-order chi connectivity index (χ0) is 13.0. The average molecular weight is 224 g/mol. The van der Waals surface area contributed by atoms with Gasteiger partial charge in [0.1, 0.15) is 0 Å². The van der Waals surface area contributed by atoms with Crippen molar-refractivity contribution in [2.24, 2.45) is 5.73 Å². The van der Waals surface area contributed by atoms with Crippen LogP contribution in [-0.4, -0.2) is 37.2 Å². The van der Waals surface area contributed by atoms with E-state index < -0.39 is 5.91 Å².